The molecule has 0 spiro atoms. The number of para-hydroxylation sites is 1. The fourth-order valence-corrected chi connectivity index (χ4v) is 3.57. The molecular weight excluding hydrogens is 501 g/mol. The molecule has 0 fully saturated rings. The first-order chi connectivity index (χ1) is 18.3. The SMILES string of the molecule is CCCCCCCOc1ccccc1-c1cnc(OCC(C)OC(=O)C(OCCCCC)C(F)(F)F)cn1. The second-order valence-corrected chi connectivity index (χ2v) is 9.06. The standard InChI is InChI=1S/C28H39F3N2O5/c1-4-6-8-9-13-16-35-24-15-11-10-14-22(24)23-18-33-25(19-32-23)37-20-21(3)38-27(34)26(28(29,30)31)36-17-12-7-5-2/h10-11,14-15,18-19,21,26H,4-9,12-13,16-17,20H2,1-3H3. The van der Waals surface area contributed by atoms with Crippen LogP contribution in [0.2, 0.25) is 0 Å². The van der Waals surface area contributed by atoms with E-state index in [0.717, 1.165) is 24.8 Å². The van der Waals surface area contributed by atoms with Gasteiger partial charge in [0.25, 0.3) is 6.10 Å². The van der Waals surface area contributed by atoms with E-state index >= 15 is 0 Å². The molecule has 2 rings (SSSR count). The molecule has 2 unspecified atom stereocenters. The van der Waals surface area contributed by atoms with Crippen LogP contribution in [-0.2, 0) is 14.3 Å². The van der Waals surface area contributed by atoms with Gasteiger partial charge in [0.15, 0.2) is 0 Å². The Morgan fingerprint density at radius 1 is 0.895 bits per heavy atom. The van der Waals surface area contributed by atoms with Crippen LogP contribution in [-0.4, -0.2) is 54.1 Å². The molecule has 0 saturated carbocycles. The predicted molar refractivity (Wildman–Crippen MR) is 138 cm³/mol. The van der Waals surface area contributed by atoms with Crippen molar-refractivity contribution in [3.05, 3.63) is 36.7 Å². The minimum atomic E-state index is -4.86. The van der Waals surface area contributed by atoms with Crippen LogP contribution in [0.15, 0.2) is 36.7 Å². The summed E-state index contributed by atoms with van der Waals surface area (Å²) in [5.41, 5.74) is 1.38. The van der Waals surface area contributed by atoms with Gasteiger partial charge in [0.1, 0.15) is 18.5 Å². The Morgan fingerprint density at radius 2 is 1.58 bits per heavy atom. The van der Waals surface area contributed by atoms with Gasteiger partial charge in [0, 0.05) is 12.2 Å². The summed E-state index contributed by atoms with van der Waals surface area (Å²) in [6, 6.07) is 7.54. The summed E-state index contributed by atoms with van der Waals surface area (Å²) in [7, 11) is 0. The number of hydrogen-bond acceptors (Lipinski definition) is 7. The molecule has 1 aromatic carbocycles. The number of rotatable bonds is 18. The molecule has 0 aliphatic rings. The van der Waals surface area contributed by atoms with E-state index in [0.29, 0.717) is 30.9 Å². The topological polar surface area (TPSA) is 79.8 Å². The average Bonchev–Trinajstić information content (AvgIpc) is 2.89. The summed E-state index contributed by atoms with van der Waals surface area (Å²) < 4.78 is 60.8. The third kappa shape index (κ3) is 11.2. The summed E-state index contributed by atoms with van der Waals surface area (Å²) in [5.74, 6) is -0.634. The molecule has 0 saturated heterocycles. The lowest BCUT2D eigenvalue weighted by atomic mass is 10.1. The van der Waals surface area contributed by atoms with E-state index in [-0.39, 0.29) is 19.1 Å². The van der Waals surface area contributed by atoms with E-state index in [2.05, 4.69) is 16.9 Å². The van der Waals surface area contributed by atoms with Crippen molar-refractivity contribution in [2.24, 2.45) is 0 Å². The van der Waals surface area contributed by atoms with Crippen molar-refractivity contribution in [3.8, 4) is 22.9 Å². The number of ether oxygens (including phenoxy) is 4. The van der Waals surface area contributed by atoms with Gasteiger partial charge in [-0.25, -0.2) is 14.8 Å². The molecule has 0 aliphatic heterocycles. The van der Waals surface area contributed by atoms with Crippen molar-refractivity contribution in [3.63, 3.8) is 0 Å². The number of carbonyl (C=O) groups excluding carboxylic acids is 1. The first-order valence-electron chi connectivity index (χ1n) is 13.3. The second-order valence-electron chi connectivity index (χ2n) is 9.06. The van der Waals surface area contributed by atoms with Gasteiger partial charge in [-0.2, -0.15) is 13.2 Å². The number of halogens is 3. The predicted octanol–water partition coefficient (Wildman–Crippen LogP) is 6.94. The molecule has 10 heteroatoms. The summed E-state index contributed by atoms with van der Waals surface area (Å²) in [6.45, 7) is 5.77. The number of carbonyl (C=O) groups is 1. The van der Waals surface area contributed by atoms with Gasteiger partial charge >= 0.3 is 12.1 Å². The van der Waals surface area contributed by atoms with Crippen molar-refractivity contribution in [1.29, 1.82) is 0 Å². The molecule has 1 aromatic heterocycles. The van der Waals surface area contributed by atoms with Crippen LogP contribution in [0.25, 0.3) is 11.3 Å². The van der Waals surface area contributed by atoms with Crippen LogP contribution < -0.4 is 9.47 Å². The highest BCUT2D eigenvalue weighted by molar-refractivity contribution is 5.75. The quantitative estimate of drug-likeness (QED) is 0.150. The van der Waals surface area contributed by atoms with Gasteiger partial charge in [-0.05, 0) is 31.9 Å². The van der Waals surface area contributed by atoms with Crippen LogP contribution in [0.1, 0.15) is 72.1 Å². The summed E-state index contributed by atoms with van der Waals surface area (Å²) in [6.07, 6.45) is 2.16. The highest BCUT2D eigenvalue weighted by atomic mass is 19.4. The van der Waals surface area contributed by atoms with Crippen LogP contribution >= 0.6 is 0 Å². The van der Waals surface area contributed by atoms with Gasteiger partial charge in [-0.15, -0.1) is 0 Å². The fraction of sp³-hybridized carbons (Fsp3) is 0.607. The second kappa shape index (κ2) is 16.9. The van der Waals surface area contributed by atoms with Gasteiger partial charge < -0.3 is 18.9 Å². The number of benzene rings is 1. The van der Waals surface area contributed by atoms with E-state index in [9.17, 15) is 18.0 Å². The molecule has 2 aromatic rings. The zero-order chi connectivity index (χ0) is 27.8. The fourth-order valence-electron chi connectivity index (χ4n) is 3.57. The van der Waals surface area contributed by atoms with Crippen molar-refractivity contribution in [2.75, 3.05) is 19.8 Å². The Bertz CT molecular complexity index is 941. The lowest BCUT2D eigenvalue weighted by molar-refractivity contribution is -0.233. The Kier molecular flexibility index (Phi) is 13.9. The Balaban J connectivity index is 1.87. The normalized spacial score (nSPS) is 13.1. The Morgan fingerprint density at radius 3 is 2.26 bits per heavy atom. The number of esters is 1. The lowest BCUT2D eigenvalue weighted by Crippen LogP contribution is -2.42. The number of unbranched alkanes of at least 4 members (excludes halogenated alkanes) is 6. The zero-order valence-corrected chi connectivity index (χ0v) is 22.5. The summed E-state index contributed by atoms with van der Waals surface area (Å²) in [5, 5.41) is 0. The van der Waals surface area contributed by atoms with E-state index in [1.165, 1.54) is 38.6 Å². The smallest absolute Gasteiger partial charge is 0.425 e. The van der Waals surface area contributed by atoms with Crippen molar-refractivity contribution < 1.29 is 36.9 Å². The summed E-state index contributed by atoms with van der Waals surface area (Å²) in [4.78, 5) is 20.7. The van der Waals surface area contributed by atoms with E-state index in [1.54, 1.807) is 0 Å². The van der Waals surface area contributed by atoms with Crippen LogP contribution in [0.4, 0.5) is 13.2 Å². The van der Waals surface area contributed by atoms with Gasteiger partial charge in [-0.1, -0.05) is 64.5 Å². The third-order valence-corrected chi connectivity index (χ3v) is 5.62. The maximum absolute atomic E-state index is 13.2. The number of alkyl halides is 3. The Labute approximate surface area is 223 Å². The van der Waals surface area contributed by atoms with Crippen LogP contribution in [0.5, 0.6) is 11.6 Å². The number of nitrogens with zero attached hydrogens (tertiary/aromatic N) is 2. The number of aromatic nitrogens is 2. The molecule has 1 heterocycles. The van der Waals surface area contributed by atoms with E-state index in [1.807, 2.05) is 31.2 Å². The Hall–Kier alpha value is -2.88. The molecule has 2 atom stereocenters. The molecule has 0 aliphatic carbocycles. The van der Waals surface area contributed by atoms with Crippen molar-refractivity contribution in [2.45, 2.75) is 90.5 Å². The largest absolute Gasteiger partial charge is 0.493 e. The van der Waals surface area contributed by atoms with E-state index in [4.69, 9.17) is 18.9 Å². The van der Waals surface area contributed by atoms with Gasteiger partial charge in [-0.3, -0.25) is 0 Å². The first-order valence-corrected chi connectivity index (χ1v) is 13.3. The highest BCUT2D eigenvalue weighted by Crippen LogP contribution is 2.29. The molecular formula is C28H39F3N2O5. The zero-order valence-electron chi connectivity index (χ0n) is 22.5. The van der Waals surface area contributed by atoms with Gasteiger partial charge in [0.05, 0.1) is 24.7 Å². The highest BCUT2D eigenvalue weighted by Gasteiger charge is 2.47. The molecule has 0 radical (unpaired) electrons. The molecule has 0 amide bonds. The molecule has 0 bridgehead atoms. The molecule has 38 heavy (non-hydrogen) atoms. The minimum Gasteiger partial charge on any atom is -0.493 e. The van der Waals surface area contributed by atoms with Crippen LogP contribution in [0, 0.1) is 0 Å². The van der Waals surface area contributed by atoms with Crippen LogP contribution in [0.3, 0.4) is 0 Å². The average molecular weight is 541 g/mol. The third-order valence-electron chi connectivity index (χ3n) is 5.62. The monoisotopic (exact) mass is 540 g/mol. The minimum absolute atomic E-state index is 0.147. The first kappa shape index (κ1) is 31.3. The van der Waals surface area contributed by atoms with Crippen molar-refractivity contribution in [1.82, 2.24) is 9.97 Å². The van der Waals surface area contributed by atoms with Gasteiger partial charge in [0.2, 0.25) is 5.88 Å². The molecule has 0 N–H and O–H groups in total. The number of hydrogen-bond donors (Lipinski definition) is 0. The summed E-state index contributed by atoms with van der Waals surface area (Å²) >= 11 is 0. The maximum atomic E-state index is 13.2. The molecule has 212 valence electrons. The van der Waals surface area contributed by atoms with E-state index < -0.39 is 24.4 Å². The van der Waals surface area contributed by atoms with Crippen molar-refractivity contribution >= 4 is 5.97 Å². The maximum Gasteiger partial charge on any atom is 0.425 e. The lowest BCUT2D eigenvalue weighted by Gasteiger charge is -2.22. The molecule has 7 nitrogen and oxygen atoms in total.